The van der Waals surface area contributed by atoms with E-state index in [2.05, 4.69) is 27.3 Å². The van der Waals surface area contributed by atoms with Gasteiger partial charge in [0.15, 0.2) is 11.6 Å². The van der Waals surface area contributed by atoms with Gasteiger partial charge in [0.25, 0.3) is 0 Å². The summed E-state index contributed by atoms with van der Waals surface area (Å²) in [6.45, 7) is 9.15. The predicted octanol–water partition coefficient (Wildman–Crippen LogP) is 1.60. The summed E-state index contributed by atoms with van der Waals surface area (Å²) in [6.07, 6.45) is 0.944. The number of nitrogens with zero attached hydrogens (tertiary/aromatic N) is 5. The second-order valence-corrected chi connectivity index (χ2v) is 5.55. The van der Waals surface area contributed by atoms with Crippen molar-refractivity contribution in [3.8, 4) is 11.4 Å². The van der Waals surface area contributed by atoms with Gasteiger partial charge >= 0.3 is 0 Å². The summed E-state index contributed by atoms with van der Waals surface area (Å²) in [7, 11) is 0. The average molecular weight is 288 g/mol. The first kappa shape index (κ1) is 13.8. The highest BCUT2D eigenvalue weighted by Crippen LogP contribution is 2.30. The first-order valence-electron chi connectivity index (χ1n) is 7.29. The van der Waals surface area contributed by atoms with Crippen LogP contribution >= 0.6 is 0 Å². The van der Waals surface area contributed by atoms with Crippen molar-refractivity contribution in [1.29, 1.82) is 0 Å². The molecule has 2 aromatic rings. The number of H-pyrrole nitrogens is 1. The average Bonchev–Trinajstić information content (AvgIpc) is 3.00. The number of hydrogen-bond donors (Lipinski definition) is 1. The Bertz CT molecular complexity index is 666. The fourth-order valence-electron chi connectivity index (χ4n) is 2.97. The van der Waals surface area contributed by atoms with Gasteiger partial charge in [-0.15, -0.1) is 10.2 Å². The highest BCUT2D eigenvalue weighted by molar-refractivity contribution is 5.82. The van der Waals surface area contributed by atoms with Crippen molar-refractivity contribution in [1.82, 2.24) is 29.9 Å². The van der Waals surface area contributed by atoms with E-state index in [-0.39, 0.29) is 11.9 Å². The summed E-state index contributed by atoms with van der Waals surface area (Å²) in [5.41, 5.74) is 2.76. The number of aromatic nitrogens is 5. The number of rotatable bonds is 3. The molecule has 1 N–H and O–H groups in total. The third-order valence-corrected chi connectivity index (χ3v) is 4.00. The fourth-order valence-corrected chi connectivity index (χ4v) is 2.97. The monoisotopic (exact) mass is 288 g/mol. The number of aromatic amines is 1. The lowest BCUT2D eigenvalue weighted by Crippen LogP contribution is -2.42. The van der Waals surface area contributed by atoms with Gasteiger partial charge in [0.2, 0.25) is 5.91 Å². The van der Waals surface area contributed by atoms with Crippen LogP contribution in [0.4, 0.5) is 0 Å². The summed E-state index contributed by atoms with van der Waals surface area (Å²) in [5, 5.41) is 15.8. The highest BCUT2D eigenvalue weighted by atomic mass is 16.2. The van der Waals surface area contributed by atoms with Crippen molar-refractivity contribution in [3.63, 3.8) is 0 Å². The van der Waals surface area contributed by atoms with Crippen LogP contribution in [-0.4, -0.2) is 42.3 Å². The van der Waals surface area contributed by atoms with E-state index in [0.717, 1.165) is 41.6 Å². The highest BCUT2D eigenvalue weighted by Gasteiger charge is 2.33. The summed E-state index contributed by atoms with van der Waals surface area (Å²) < 4.78 is 1.94. The molecule has 0 saturated heterocycles. The molecule has 2 aromatic heterocycles. The number of nitrogens with one attached hydrogen (secondary N) is 1. The zero-order chi connectivity index (χ0) is 15.1. The second kappa shape index (κ2) is 4.98. The number of fused-ring (bicyclic) bond motifs is 1. The van der Waals surface area contributed by atoms with Crippen molar-refractivity contribution in [2.75, 3.05) is 6.54 Å². The molecule has 21 heavy (non-hydrogen) atoms. The lowest BCUT2D eigenvalue weighted by molar-refractivity contribution is -0.136. The van der Waals surface area contributed by atoms with Gasteiger partial charge in [0.05, 0.1) is 17.8 Å². The molecular weight excluding hydrogens is 268 g/mol. The second-order valence-electron chi connectivity index (χ2n) is 5.55. The first-order valence-corrected chi connectivity index (χ1v) is 7.29. The van der Waals surface area contributed by atoms with Gasteiger partial charge in [-0.25, -0.2) is 0 Å². The Kier molecular flexibility index (Phi) is 3.27. The lowest BCUT2D eigenvalue weighted by atomic mass is 10.1. The van der Waals surface area contributed by atoms with Crippen molar-refractivity contribution >= 4 is 5.91 Å². The Morgan fingerprint density at radius 2 is 2.10 bits per heavy atom. The lowest BCUT2D eigenvalue weighted by Gasteiger charge is -2.31. The van der Waals surface area contributed by atoms with Crippen LogP contribution in [0.1, 0.15) is 43.5 Å². The van der Waals surface area contributed by atoms with Gasteiger partial charge in [0, 0.05) is 12.2 Å². The molecule has 0 radical (unpaired) electrons. The van der Waals surface area contributed by atoms with E-state index in [1.807, 2.05) is 30.2 Å². The van der Waals surface area contributed by atoms with Gasteiger partial charge in [0.1, 0.15) is 6.04 Å². The molecule has 0 bridgehead atoms. The van der Waals surface area contributed by atoms with E-state index in [1.54, 1.807) is 0 Å². The van der Waals surface area contributed by atoms with Gasteiger partial charge in [-0.1, -0.05) is 6.92 Å². The van der Waals surface area contributed by atoms with E-state index in [9.17, 15) is 4.79 Å². The number of amides is 1. The van der Waals surface area contributed by atoms with Crippen LogP contribution in [0.15, 0.2) is 0 Å². The van der Waals surface area contributed by atoms with Crippen LogP contribution in [0, 0.1) is 13.8 Å². The molecule has 3 rings (SSSR count). The Labute approximate surface area is 123 Å². The maximum atomic E-state index is 12.5. The minimum absolute atomic E-state index is 0.129. The topological polar surface area (TPSA) is 79.7 Å². The van der Waals surface area contributed by atoms with E-state index < -0.39 is 0 Å². The predicted molar refractivity (Wildman–Crippen MR) is 77.5 cm³/mol. The molecule has 7 heteroatoms. The minimum Gasteiger partial charge on any atom is -0.333 e. The van der Waals surface area contributed by atoms with Crippen molar-refractivity contribution in [3.05, 3.63) is 17.2 Å². The number of carbonyl (C=O) groups excluding carboxylic acids is 1. The molecule has 0 spiro atoms. The molecule has 3 heterocycles. The van der Waals surface area contributed by atoms with Crippen LogP contribution in [0.3, 0.4) is 0 Å². The van der Waals surface area contributed by atoms with Crippen LogP contribution in [0.25, 0.3) is 11.4 Å². The molecule has 112 valence electrons. The molecule has 0 aliphatic carbocycles. The third kappa shape index (κ3) is 2.03. The van der Waals surface area contributed by atoms with E-state index in [1.165, 1.54) is 0 Å². The molecule has 0 unspecified atom stereocenters. The van der Waals surface area contributed by atoms with Gasteiger partial charge in [-0.2, -0.15) is 5.10 Å². The molecule has 0 fully saturated rings. The number of carbonyl (C=O) groups is 1. The summed E-state index contributed by atoms with van der Waals surface area (Å²) in [6, 6.07) is -0.279. The maximum absolute atomic E-state index is 12.5. The molecule has 1 aliphatic heterocycles. The molecule has 1 amide bonds. The summed E-state index contributed by atoms with van der Waals surface area (Å²) >= 11 is 0. The Morgan fingerprint density at radius 3 is 2.71 bits per heavy atom. The largest absolute Gasteiger partial charge is 0.333 e. The standard InChI is InChI=1S/C14H20N6O/c1-5-6-19-7-11-17-18-13(20(11)10(4)14(19)21)12-8(2)15-16-9(12)3/h10H,5-7H2,1-4H3,(H,15,16)/t10-/m0/s1. The fraction of sp³-hybridized carbons (Fsp3) is 0.571. The van der Waals surface area contributed by atoms with E-state index in [4.69, 9.17) is 0 Å². The van der Waals surface area contributed by atoms with Crippen molar-refractivity contribution in [2.45, 2.75) is 46.7 Å². The van der Waals surface area contributed by atoms with Crippen LogP contribution < -0.4 is 0 Å². The Morgan fingerprint density at radius 1 is 1.33 bits per heavy atom. The molecule has 7 nitrogen and oxygen atoms in total. The van der Waals surface area contributed by atoms with E-state index >= 15 is 0 Å². The van der Waals surface area contributed by atoms with E-state index in [0.29, 0.717) is 6.54 Å². The molecule has 1 aliphatic rings. The molecular formula is C14H20N6O. The summed E-state index contributed by atoms with van der Waals surface area (Å²) in [4.78, 5) is 14.3. The van der Waals surface area contributed by atoms with Crippen molar-refractivity contribution < 1.29 is 4.79 Å². The van der Waals surface area contributed by atoms with Gasteiger partial charge in [-0.3, -0.25) is 14.5 Å². The van der Waals surface area contributed by atoms with Gasteiger partial charge < -0.3 is 4.90 Å². The Hall–Kier alpha value is -2.18. The first-order chi connectivity index (χ1) is 10.0. The summed E-state index contributed by atoms with van der Waals surface area (Å²) in [5.74, 6) is 1.69. The van der Waals surface area contributed by atoms with Crippen LogP contribution in [-0.2, 0) is 11.3 Å². The maximum Gasteiger partial charge on any atom is 0.245 e. The normalized spacial score (nSPS) is 18.2. The quantitative estimate of drug-likeness (QED) is 0.930. The number of hydrogen-bond acceptors (Lipinski definition) is 4. The zero-order valence-corrected chi connectivity index (χ0v) is 12.8. The Balaban J connectivity index is 2.08. The third-order valence-electron chi connectivity index (χ3n) is 4.00. The smallest absolute Gasteiger partial charge is 0.245 e. The SMILES string of the molecule is CCCN1Cc2nnc(-c3c(C)n[nH]c3C)n2[C@@H](C)C1=O. The molecule has 0 aromatic carbocycles. The molecule has 1 atom stereocenters. The molecule has 0 saturated carbocycles. The number of aryl methyl sites for hydroxylation is 2. The van der Waals surface area contributed by atoms with Gasteiger partial charge in [-0.05, 0) is 27.2 Å². The van der Waals surface area contributed by atoms with Crippen LogP contribution in [0.2, 0.25) is 0 Å². The van der Waals surface area contributed by atoms with Crippen LogP contribution in [0.5, 0.6) is 0 Å². The minimum atomic E-state index is -0.279. The van der Waals surface area contributed by atoms with Crippen molar-refractivity contribution in [2.24, 2.45) is 0 Å². The zero-order valence-electron chi connectivity index (χ0n) is 12.8.